The van der Waals surface area contributed by atoms with E-state index < -0.39 is 12.2 Å². The third kappa shape index (κ3) is 4.69. The number of nitrogens with one attached hydrogen (secondary N) is 3. The maximum atomic E-state index is 12.1. The van der Waals surface area contributed by atoms with Crippen molar-refractivity contribution >= 4 is 57.6 Å². The third-order valence-corrected chi connectivity index (χ3v) is 4.39. The number of rotatable bonds is 4. The Kier molecular flexibility index (Phi) is 5.53. The van der Waals surface area contributed by atoms with Crippen LogP contribution in [0.15, 0.2) is 36.4 Å². The van der Waals surface area contributed by atoms with Crippen LogP contribution in [0.3, 0.4) is 0 Å². The van der Waals surface area contributed by atoms with E-state index in [2.05, 4.69) is 20.6 Å². The van der Waals surface area contributed by atoms with Crippen LogP contribution in [0.1, 0.15) is 25.8 Å². The fraction of sp³-hybridized carbons (Fsp3) is 0.167. The highest BCUT2D eigenvalue weighted by Crippen LogP contribution is 2.26. The Morgan fingerprint density at radius 1 is 1.07 bits per heavy atom. The van der Waals surface area contributed by atoms with Crippen LogP contribution in [-0.4, -0.2) is 22.0 Å². The molecular weight excluding hydrogens is 391 g/mol. The largest absolute Gasteiger partial charge is 0.438 e. The van der Waals surface area contributed by atoms with Gasteiger partial charge in [-0.3, -0.25) is 10.1 Å². The summed E-state index contributed by atoms with van der Waals surface area (Å²) < 4.78 is 5.35. The van der Waals surface area contributed by atoms with Gasteiger partial charge in [0, 0.05) is 18.3 Å². The van der Waals surface area contributed by atoms with Crippen LogP contribution in [0.2, 0.25) is 10.0 Å². The van der Waals surface area contributed by atoms with Crippen molar-refractivity contribution < 1.29 is 14.3 Å². The molecule has 1 atom stereocenters. The molecule has 0 fully saturated rings. The fourth-order valence-electron chi connectivity index (χ4n) is 2.44. The number of imidazole rings is 1. The lowest BCUT2D eigenvalue weighted by molar-refractivity contribution is -0.114. The van der Waals surface area contributed by atoms with Gasteiger partial charge in [-0.25, -0.2) is 9.78 Å². The Morgan fingerprint density at radius 3 is 2.48 bits per heavy atom. The second-order valence-corrected chi connectivity index (χ2v) is 6.65. The Bertz CT molecular complexity index is 1020. The van der Waals surface area contributed by atoms with Gasteiger partial charge < -0.3 is 15.0 Å². The molecule has 0 aliphatic carbocycles. The van der Waals surface area contributed by atoms with Crippen LogP contribution in [0.4, 0.5) is 16.2 Å². The van der Waals surface area contributed by atoms with E-state index in [0.717, 1.165) is 5.52 Å². The summed E-state index contributed by atoms with van der Waals surface area (Å²) in [4.78, 5) is 30.7. The maximum Gasteiger partial charge on any atom is 0.412 e. The molecule has 9 heteroatoms. The van der Waals surface area contributed by atoms with Gasteiger partial charge in [-0.2, -0.15) is 0 Å². The highest BCUT2D eigenvalue weighted by molar-refractivity contribution is 6.42. The molecule has 0 radical (unpaired) electrons. The second kappa shape index (κ2) is 7.85. The van der Waals surface area contributed by atoms with E-state index in [4.69, 9.17) is 27.9 Å². The molecule has 0 spiro atoms. The normalized spacial score (nSPS) is 11.9. The van der Waals surface area contributed by atoms with Crippen molar-refractivity contribution in [2.24, 2.45) is 0 Å². The van der Waals surface area contributed by atoms with Gasteiger partial charge in [-0.1, -0.05) is 23.2 Å². The van der Waals surface area contributed by atoms with E-state index in [1.54, 1.807) is 37.3 Å². The number of anilines is 2. The molecular formula is C18H16Cl2N4O3. The van der Waals surface area contributed by atoms with Gasteiger partial charge in [0.15, 0.2) is 6.10 Å². The number of carbonyl (C=O) groups excluding carboxylic acids is 2. The summed E-state index contributed by atoms with van der Waals surface area (Å²) in [5.41, 5.74) is 2.53. The molecule has 0 aliphatic heterocycles. The van der Waals surface area contributed by atoms with Crippen molar-refractivity contribution in [2.45, 2.75) is 20.0 Å². The summed E-state index contributed by atoms with van der Waals surface area (Å²) in [7, 11) is 0. The number of fused-ring (bicyclic) bond motifs is 1. The van der Waals surface area contributed by atoms with Crippen molar-refractivity contribution in [2.75, 3.05) is 10.6 Å². The predicted molar refractivity (Wildman–Crippen MR) is 105 cm³/mol. The maximum absolute atomic E-state index is 12.1. The Balaban J connectivity index is 1.69. The van der Waals surface area contributed by atoms with Crippen LogP contribution < -0.4 is 10.6 Å². The van der Waals surface area contributed by atoms with E-state index in [0.29, 0.717) is 32.8 Å². The van der Waals surface area contributed by atoms with Crippen molar-refractivity contribution in [3.8, 4) is 0 Å². The van der Waals surface area contributed by atoms with Crippen LogP contribution in [-0.2, 0) is 9.53 Å². The molecule has 1 aromatic heterocycles. The first-order chi connectivity index (χ1) is 12.8. The summed E-state index contributed by atoms with van der Waals surface area (Å²) in [6.45, 7) is 3.13. The molecule has 2 aromatic carbocycles. The third-order valence-electron chi connectivity index (χ3n) is 3.66. The first-order valence-corrected chi connectivity index (χ1v) is 8.77. The number of aromatic nitrogens is 2. The predicted octanol–water partition coefficient (Wildman–Crippen LogP) is 5.14. The second-order valence-electron chi connectivity index (χ2n) is 5.84. The van der Waals surface area contributed by atoms with Crippen molar-refractivity contribution in [1.82, 2.24) is 9.97 Å². The Labute approximate surface area is 165 Å². The van der Waals surface area contributed by atoms with Gasteiger partial charge >= 0.3 is 6.09 Å². The van der Waals surface area contributed by atoms with Gasteiger partial charge in [-0.15, -0.1) is 0 Å². The summed E-state index contributed by atoms with van der Waals surface area (Å²) >= 11 is 11.8. The summed E-state index contributed by atoms with van der Waals surface area (Å²) in [6.07, 6.45) is -1.27. The van der Waals surface area contributed by atoms with Crippen LogP contribution in [0.25, 0.3) is 11.0 Å². The standard InChI is InChI=1S/C18H16Cl2N4O3/c1-9(27-18(26)22-11-3-5-13(19)14(20)7-11)17-23-15-6-4-12(21-10(2)25)8-16(15)24-17/h3-9H,1-2H3,(H,21,25)(H,22,26)(H,23,24). The van der Waals surface area contributed by atoms with Gasteiger partial charge in [0.2, 0.25) is 5.91 Å². The van der Waals surface area contributed by atoms with Gasteiger partial charge in [-0.05, 0) is 43.3 Å². The van der Waals surface area contributed by atoms with Crippen molar-refractivity contribution in [1.29, 1.82) is 0 Å². The number of carbonyl (C=O) groups is 2. The molecule has 0 aliphatic rings. The van der Waals surface area contributed by atoms with E-state index in [-0.39, 0.29) is 5.91 Å². The van der Waals surface area contributed by atoms with Gasteiger partial charge in [0.1, 0.15) is 5.82 Å². The van der Waals surface area contributed by atoms with E-state index >= 15 is 0 Å². The minimum absolute atomic E-state index is 0.162. The molecule has 3 N–H and O–H groups in total. The lowest BCUT2D eigenvalue weighted by Gasteiger charge is -2.12. The van der Waals surface area contributed by atoms with Crippen LogP contribution >= 0.6 is 23.2 Å². The molecule has 3 aromatic rings. The summed E-state index contributed by atoms with van der Waals surface area (Å²) in [5, 5.41) is 6.00. The average Bonchev–Trinajstić information content (AvgIpc) is 3.01. The quantitative estimate of drug-likeness (QED) is 0.558. The molecule has 2 amide bonds. The fourth-order valence-corrected chi connectivity index (χ4v) is 2.74. The van der Waals surface area contributed by atoms with Crippen LogP contribution in [0, 0.1) is 0 Å². The number of H-pyrrole nitrogens is 1. The first-order valence-electron chi connectivity index (χ1n) is 8.02. The molecule has 0 saturated heterocycles. The van der Waals surface area contributed by atoms with Gasteiger partial charge in [0.05, 0.1) is 21.1 Å². The lowest BCUT2D eigenvalue weighted by atomic mass is 10.3. The highest BCUT2D eigenvalue weighted by Gasteiger charge is 2.16. The lowest BCUT2D eigenvalue weighted by Crippen LogP contribution is -2.16. The Morgan fingerprint density at radius 2 is 1.78 bits per heavy atom. The topological polar surface area (TPSA) is 96.1 Å². The molecule has 1 unspecified atom stereocenters. The van der Waals surface area contributed by atoms with E-state index in [9.17, 15) is 9.59 Å². The molecule has 27 heavy (non-hydrogen) atoms. The minimum Gasteiger partial charge on any atom is -0.438 e. The summed E-state index contributed by atoms with van der Waals surface area (Å²) in [5.74, 6) is 0.319. The van der Waals surface area contributed by atoms with Crippen molar-refractivity contribution in [3.05, 3.63) is 52.3 Å². The minimum atomic E-state index is -0.653. The zero-order valence-corrected chi connectivity index (χ0v) is 16.0. The molecule has 0 saturated carbocycles. The first kappa shape index (κ1) is 19.0. The number of aromatic amines is 1. The SMILES string of the molecule is CC(=O)Nc1ccc2nc(C(C)OC(=O)Nc3ccc(Cl)c(Cl)c3)[nH]c2c1. The number of hydrogen-bond donors (Lipinski definition) is 3. The van der Waals surface area contributed by atoms with E-state index in [1.165, 1.54) is 13.0 Å². The van der Waals surface area contributed by atoms with Gasteiger partial charge in [0.25, 0.3) is 0 Å². The number of benzene rings is 2. The molecule has 3 rings (SSSR count). The number of nitrogens with zero attached hydrogens (tertiary/aromatic N) is 1. The monoisotopic (exact) mass is 406 g/mol. The zero-order valence-electron chi connectivity index (χ0n) is 14.5. The molecule has 0 bridgehead atoms. The number of amides is 2. The molecule has 7 nitrogen and oxygen atoms in total. The summed E-state index contributed by atoms with van der Waals surface area (Å²) in [6, 6.07) is 10.00. The van der Waals surface area contributed by atoms with Crippen LogP contribution in [0.5, 0.6) is 0 Å². The molecule has 140 valence electrons. The number of halogens is 2. The zero-order chi connectivity index (χ0) is 19.6. The number of hydrogen-bond acceptors (Lipinski definition) is 4. The number of ether oxygens (including phenoxy) is 1. The average molecular weight is 407 g/mol. The smallest absolute Gasteiger partial charge is 0.412 e. The Hall–Kier alpha value is -2.77. The molecule has 1 heterocycles. The van der Waals surface area contributed by atoms with Crippen molar-refractivity contribution in [3.63, 3.8) is 0 Å². The van der Waals surface area contributed by atoms with E-state index in [1.807, 2.05) is 0 Å². The highest BCUT2D eigenvalue weighted by atomic mass is 35.5.